The van der Waals surface area contributed by atoms with Crippen LogP contribution in [0.5, 0.6) is 0 Å². The second kappa shape index (κ2) is 21.2. The van der Waals surface area contributed by atoms with Crippen LogP contribution in [0.1, 0.15) is 124 Å². The lowest BCUT2D eigenvalue weighted by Gasteiger charge is -2.23. The van der Waals surface area contributed by atoms with Crippen molar-refractivity contribution in [3.8, 4) is 0 Å². The molecule has 0 aromatic heterocycles. The minimum atomic E-state index is -0.225. The fourth-order valence-corrected chi connectivity index (χ4v) is 3.51. The summed E-state index contributed by atoms with van der Waals surface area (Å²) in [5.41, 5.74) is 6.19. The summed E-state index contributed by atoms with van der Waals surface area (Å²) in [6.45, 7) is 7.60. The topological polar surface area (TPSA) is 44.5 Å². The maximum Gasteiger partial charge on any atom is 0.172 e. The summed E-state index contributed by atoms with van der Waals surface area (Å²) < 4.78 is 11.1. The summed E-state index contributed by atoms with van der Waals surface area (Å²) in [4.78, 5) is 0. The Morgan fingerprint density at radius 3 is 1.23 bits per heavy atom. The SMILES string of the molecule is CCCCCCCCCCCCCCCCCC(N)C(OCC)OCC. The molecule has 0 fully saturated rings. The number of rotatable bonds is 21. The van der Waals surface area contributed by atoms with E-state index in [0.717, 1.165) is 6.42 Å². The van der Waals surface area contributed by atoms with Crippen molar-refractivity contribution < 1.29 is 9.47 Å². The van der Waals surface area contributed by atoms with Gasteiger partial charge in [-0.15, -0.1) is 0 Å². The van der Waals surface area contributed by atoms with Gasteiger partial charge in [-0.2, -0.15) is 0 Å². The Balaban J connectivity index is 3.28. The summed E-state index contributed by atoms with van der Waals surface area (Å²) in [6.07, 6.45) is 21.7. The minimum Gasteiger partial charge on any atom is -0.351 e. The van der Waals surface area contributed by atoms with E-state index >= 15 is 0 Å². The van der Waals surface area contributed by atoms with Crippen molar-refractivity contribution in [2.45, 2.75) is 136 Å². The van der Waals surface area contributed by atoms with Gasteiger partial charge in [0.05, 0.1) is 6.04 Å². The second-order valence-electron chi connectivity index (χ2n) is 7.68. The Bertz CT molecular complexity index is 255. The molecule has 0 saturated heterocycles. The van der Waals surface area contributed by atoms with Gasteiger partial charge in [-0.3, -0.25) is 0 Å². The van der Waals surface area contributed by atoms with Gasteiger partial charge in [0.15, 0.2) is 6.29 Å². The van der Waals surface area contributed by atoms with Gasteiger partial charge in [-0.05, 0) is 20.3 Å². The molecule has 0 aliphatic carbocycles. The zero-order valence-electron chi connectivity index (χ0n) is 18.3. The second-order valence-corrected chi connectivity index (χ2v) is 7.68. The zero-order chi connectivity index (χ0) is 19.3. The highest BCUT2D eigenvalue weighted by molar-refractivity contribution is 4.66. The molecular formula is C23H49NO2. The molecule has 26 heavy (non-hydrogen) atoms. The first-order valence-corrected chi connectivity index (χ1v) is 11.7. The first kappa shape index (κ1) is 25.9. The van der Waals surface area contributed by atoms with E-state index in [0.29, 0.717) is 13.2 Å². The van der Waals surface area contributed by atoms with Crippen LogP contribution < -0.4 is 5.73 Å². The molecule has 3 nitrogen and oxygen atoms in total. The van der Waals surface area contributed by atoms with Crippen molar-refractivity contribution in [3.05, 3.63) is 0 Å². The molecule has 0 saturated carbocycles. The van der Waals surface area contributed by atoms with Gasteiger partial charge in [0.25, 0.3) is 0 Å². The van der Waals surface area contributed by atoms with Crippen molar-refractivity contribution in [1.82, 2.24) is 0 Å². The average molecular weight is 372 g/mol. The van der Waals surface area contributed by atoms with Crippen LogP contribution in [-0.4, -0.2) is 25.5 Å². The van der Waals surface area contributed by atoms with E-state index in [2.05, 4.69) is 6.92 Å². The fraction of sp³-hybridized carbons (Fsp3) is 1.00. The largest absolute Gasteiger partial charge is 0.351 e. The Morgan fingerprint density at radius 2 is 0.885 bits per heavy atom. The Labute approximate surface area is 164 Å². The standard InChI is InChI=1S/C23H49NO2/c1-4-7-8-9-10-11-12-13-14-15-16-17-18-19-20-21-22(24)23(25-5-2)26-6-3/h22-23H,4-21,24H2,1-3H3. The molecule has 0 aromatic rings. The maximum atomic E-state index is 6.19. The lowest BCUT2D eigenvalue weighted by molar-refractivity contribution is -0.149. The van der Waals surface area contributed by atoms with E-state index in [4.69, 9.17) is 15.2 Å². The smallest absolute Gasteiger partial charge is 0.172 e. The third kappa shape index (κ3) is 17.3. The number of nitrogens with two attached hydrogens (primary N) is 1. The monoisotopic (exact) mass is 371 g/mol. The van der Waals surface area contributed by atoms with Crippen molar-refractivity contribution >= 4 is 0 Å². The van der Waals surface area contributed by atoms with Crippen LogP contribution in [-0.2, 0) is 9.47 Å². The van der Waals surface area contributed by atoms with Gasteiger partial charge >= 0.3 is 0 Å². The summed E-state index contributed by atoms with van der Waals surface area (Å²) >= 11 is 0. The average Bonchev–Trinajstić information content (AvgIpc) is 2.64. The third-order valence-corrected chi connectivity index (χ3v) is 5.15. The van der Waals surface area contributed by atoms with Crippen LogP contribution in [0.25, 0.3) is 0 Å². The first-order chi connectivity index (χ1) is 12.8. The van der Waals surface area contributed by atoms with Crippen LogP contribution >= 0.6 is 0 Å². The van der Waals surface area contributed by atoms with Gasteiger partial charge in [0.2, 0.25) is 0 Å². The summed E-state index contributed by atoms with van der Waals surface area (Å²) in [6, 6.07) is 0.0110. The molecule has 0 heterocycles. The van der Waals surface area contributed by atoms with Crippen molar-refractivity contribution in [1.29, 1.82) is 0 Å². The summed E-state index contributed by atoms with van der Waals surface area (Å²) in [5, 5.41) is 0. The molecule has 0 aliphatic rings. The molecule has 0 amide bonds. The quantitative estimate of drug-likeness (QED) is 0.175. The van der Waals surface area contributed by atoms with E-state index < -0.39 is 0 Å². The van der Waals surface area contributed by atoms with Gasteiger partial charge in [-0.25, -0.2) is 0 Å². The van der Waals surface area contributed by atoms with E-state index in [9.17, 15) is 0 Å². The highest BCUT2D eigenvalue weighted by atomic mass is 16.7. The molecular weight excluding hydrogens is 322 g/mol. The predicted molar refractivity (Wildman–Crippen MR) is 115 cm³/mol. The number of unbranched alkanes of at least 4 members (excludes halogenated alkanes) is 14. The van der Waals surface area contributed by atoms with Crippen LogP contribution in [0.4, 0.5) is 0 Å². The van der Waals surface area contributed by atoms with E-state index in [1.54, 1.807) is 0 Å². The van der Waals surface area contributed by atoms with Gasteiger partial charge in [-0.1, -0.05) is 103 Å². The molecule has 0 bridgehead atoms. The minimum absolute atomic E-state index is 0.0110. The lowest BCUT2D eigenvalue weighted by Crippen LogP contribution is -2.38. The fourth-order valence-electron chi connectivity index (χ4n) is 3.51. The third-order valence-electron chi connectivity index (χ3n) is 5.15. The molecule has 2 N–H and O–H groups in total. The Hall–Kier alpha value is -0.120. The Morgan fingerprint density at radius 1 is 0.538 bits per heavy atom. The van der Waals surface area contributed by atoms with E-state index in [1.165, 1.54) is 96.3 Å². The zero-order valence-corrected chi connectivity index (χ0v) is 18.3. The molecule has 0 aromatic carbocycles. The van der Waals surface area contributed by atoms with Crippen molar-refractivity contribution in [2.75, 3.05) is 13.2 Å². The van der Waals surface area contributed by atoms with Crippen molar-refractivity contribution in [2.24, 2.45) is 5.73 Å². The highest BCUT2D eigenvalue weighted by Gasteiger charge is 2.17. The van der Waals surface area contributed by atoms with E-state index in [1.807, 2.05) is 13.8 Å². The van der Waals surface area contributed by atoms with Crippen LogP contribution in [0.2, 0.25) is 0 Å². The van der Waals surface area contributed by atoms with Crippen LogP contribution in [0, 0.1) is 0 Å². The van der Waals surface area contributed by atoms with Gasteiger partial charge < -0.3 is 15.2 Å². The Kier molecular flexibility index (Phi) is 21.1. The van der Waals surface area contributed by atoms with Gasteiger partial charge in [0, 0.05) is 13.2 Å². The van der Waals surface area contributed by atoms with Crippen molar-refractivity contribution in [3.63, 3.8) is 0 Å². The molecule has 1 atom stereocenters. The summed E-state index contributed by atoms with van der Waals surface area (Å²) in [7, 11) is 0. The lowest BCUT2D eigenvalue weighted by atomic mass is 10.0. The molecule has 158 valence electrons. The highest BCUT2D eigenvalue weighted by Crippen LogP contribution is 2.14. The molecule has 0 rings (SSSR count). The van der Waals surface area contributed by atoms with Crippen LogP contribution in [0.3, 0.4) is 0 Å². The molecule has 0 aliphatic heterocycles. The predicted octanol–water partition coefficient (Wildman–Crippen LogP) is 6.97. The molecule has 0 radical (unpaired) electrons. The van der Waals surface area contributed by atoms with E-state index in [-0.39, 0.29) is 12.3 Å². The summed E-state index contributed by atoms with van der Waals surface area (Å²) in [5.74, 6) is 0. The van der Waals surface area contributed by atoms with Crippen LogP contribution in [0.15, 0.2) is 0 Å². The number of hydrogen-bond acceptors (Lipinski definition) is 3. The van der Waals surface area contributed by atoms with Gasteiger partial charge in [0.1, 0.15) is 0 Å². The molecule has 1 unspecified atom stereocenters. The molecule has 0 spiro atoms. The normalized spacial score (nSPS) is 12.8. The number of hydrogen-bond donors (Lipinski definition) is 1. The first-order valence-electron chi connectivity index (χ1n) is 11.7. The number of ether oxygens (including phenoxy) is 2. The molecule has 3 heteroatoms. The maximum absolute atomic E-state index is 6.19.